The van der Waals surface area contributed by atoms with Gasteiger partial charge < -0.3 is 5.32 Å². The average molecular weight is 346 g/mol. The molecule has 2 atom stereocenters. The molecule has 0 radical (unpaired) electrons. The number of carbonyl (C=O) groups is 1. The molecule has 2 aromatic rings. The summed E-state index contributed by atoms with van der Waals surface area (Å²) in [6, 6.07) is 4.31. The summed E-state index contributed by atoms with van der Waals surface area (Å²) in [6.45, 7) is 0.339. The molecule has 1 heterocycles. The summed E-state index contributed by atoms with van der Waals surface area (Å²) in [4.78, 5) is 16.5. The van der Waals surface area contributed by atoms with Gasteiger partial charge in [-0.1, -0.05) is 25.0 Å². The Labute approximate surface area is 144 Å². The molecule has 25 heavy (non-hydrogen) atoms. The lowest BCUT2D eigenvalue weighted by atomic mass is 9.78. The maximum Gasteiger partial charge on any atom is 0.223 e. The smallest absolute Gasteiger partial charge is 0.223 e. The zero-order valence-corrected chi connectivity index (χ0v) is 13.8. The van der Waals surface area contributed by atoms with E-state index < -0.39 is 17.0 Å². The lowest BCUT2D eigenvalue weighted by molar-refractivity contribution is -0.122. The molecule has 2 N–H and O–H groups in total. The Kier molecular flexibility index (Phi) is 4.01. The first kappa shape index (κ1) is 16.2. The van der Waals surface area contributed by atoms with Gasteiger partial charge >= 0.3 is 0 Å². The molecule has 4 rings (SSSR count). The van der Waals surface area contributed by atoms with Crippen molar-refractivity contribution in [2.24, 2.45) is 5.92 Å². The quantitative estimate of drug-likeness (QED) is 0.875. The number of amides is 1. The Morgan fingerprint density at radius 3 is 2.84 bits per heavy atom. The first-order chi connectivity index (χ1) is 12.1. The van der Waals surface area contributed by atoms with Crippen LogP contribution in [0.15, 0.2) is 24.5 Å². The Morgan fingerprint density at radius 1 is 1.32 bits per heavy atom. The first-order valence-corrected chi connectivity index (χ1v) is 8.68. The van der Waals surface area contributed by atoms with Crippen molar-refractivity contribution >= 4 is 5.91 Å². The largest absolute Gasteiger partial charge is 0.355 e. The summed E-state index contributed by atoms with van der Waals surface area (Å²) in [7, 11) is 0. The Bertz CT molecular complexity index is 771. The molecule has 1 aromatic heterocycles. The van der Waals surface area contributed by atoms with Gasteiger partial charge in [0, 0.05) is 23.8 Å². The van der Waals surface area contributed by atoms with Crippen molar-refractivity contribution in [1.82, 2.24) is 20.5 Å². The SMILES string of the molecule is O=C(NCC1(c2cccc(F)c2F)CCCC1)[C@@H]1C[C@H]1c1ncn[nH]1. The summed E-state index contributed by atoms with van der Waals surface area (Å²) < 4.78 is 28.0. The number of aromatic amines is 1. The van der Waals surface area contributed by atoms with Crippen molar-refractivity contribution in [3.63, 3.8) is 0 Å². The minimum absolute atomic E-state index is 0.0514. The molecule has 1 aromatic carbocycles. The highest BCUT2D eigenvalue weighted by molar-refractivity contribution is 5.82. The van der Waals surface area contributed by atoms with Gasteiger partial charge in [0.05, 0.1) is 0 Å². The van der Waals surface area contributed by atoms with Gasteiger partial charge in [0.25, 0.3) is 0 Å². The van der Waals surface area contributed by atoms with Crippen molar-refractivity contribution in [1.29, 1.82) is 0 Å². The normalized spacial score (nSPS) is 24.2. The van der Waals surface area contributed by atoms with Crippen molar-refractivity contribution in [2.75, 3.05) is 6.54 Å². The maximum absolute atomic E-state index is 14.3. The van der Waals surface area contributed by atoms with Crippen LogP contribution in [0, 0.1) is 17.6 Å². The molecule has 5 nitrogen and oxygen atoms in total. The fourth-order valence-electron chi connectivity index (χ4n) is 4.07. The van der Waals surface area contributed by atoms with Crippen LogP contribution >= 0.6 is 0 Å². The molecular weight excluding hydrogens is 326 g/mol. The van der Waals surface area contributed by atoms with Gasteiger partial charge in [-0.25, -0.2) is 13.8 Å². The summed E-state index contributed by atoms with van der Waals surface area (Å²) in [5, 5.41) is 9.58. The molecule has 0 bridgehead atoms. The van der Waals surface area contributed by atoms with E-state index in [0.29, 0.717) is 12.1 Å². The van der Waals surface area contributed by atoms with Gasteiger partial charge in [-0.15, -0.1) is 0 Å². The predicted molar refractivity (Wildman–Crippen MR) is 86.7 cm³/mol. The molecule has 2 saturated carbocycles. The lowest BCUT2D eigenvalue weighted by Crippen LogP contribution is -2.40. The molecular formula is C18H20F2N4O. The molecule has 0 spiro atoms. The van der Waals surface area contributed by atoms with Gasteiger partial charge in [0.1, 0.15) is 12.2 Å². The van der Waals surface area contributed by atoms with E-state index in [1.54, 1.807) is 6.07 Å². The molecule has 2 fully saturated rings. The van der Waals surface area contributed by atoms with Gasteiger partial charge in [-0.05, 0) is 30.9 Å². The van der Waals surface area contributed by atoms with Crippen LogP contribution in [0.2, 0.25) is 0 Å². The van der Waals surface area contributed by atoms with Crippen LogP contribution in [0.1, 0.15) is 49.4 Å². The van der Waals surface area contributed by atoms with Crippen LogP contribution in [0.25, 0.3) is 0 Å². The molecule has 1 amide bonds. The van der Waals surface area contributed by atoms with Crippen LogP contribution < -0.4 is 5.32 Å². The number of hydrogen-bond acceptors (Lipinski definition) is 3. The third-order valence-electron chi connectivity index (χ3n) is 5.60. The van der Waals surface area contributed by atoms with Crippen molar-refractivity contribution in [3.8, 4) is 0 Å². The number of rotatable bonds is 5. The fraction of sp³-hybridized carbons (Fsp3) is 0.500. The molecule has 2 aliphatic rings. The van der Waals surface area contributed by atoms with E-state index in [1.165, 1.54) is 12.4 Å². The number of aromatic nitrogens is 3. The minimum atomic E-state index is -0.831. The molecule has 2 aliphatic carbocycles. The number of nitrogens with one attached hydrogen (secondary N) is 2. The van der Waals surface area contributed by atoms with Crippen molar-refractivity contribution in [3.05, 3.63) is 47.5 Å². The highest BCUT2D eigenvalue weighted by Gasteiger charge is 2.47. The van der Waals surface area contributed by atoms with E-state index in [1.807, 2.05) is 0 Å². The van der Waals surface area contributed by atoms with Crippen LogP contribution in [-0.4, -0.2) is 27.6 Å². The molecule has 0 unspecified atom stereocenters. The second-order valence-corrected chi connectivity index (χ2v) is 7.13. The summed E-state index contributed by atoms with van der Waals surface area (Å²) >= 11 is 0. The van der Waals surface area contributed by atoms with E-state index in [2.05, 4.69) is 20.5 Å². The number of halogens is 2. The van der Waals surface area contributed by atoms with Gasteiger partial charge in [-0.2, -0.15) is 5.10 Å². The monoisotopic (exact) mass is 346 g/mol. The third kappa shape index (κ3) is 2.92. The highest BCUT2D eigenvalue weighted by Crippen LogP contribution is 2.46. The lowest BCUT2D eigenvalue weighted by Gasteiger charge is -2.30. The summed E-state index contributed by atoms with van der Waals surface area (Å²) in [5.74, 6) is -0.986. The summed E-state index contributed by atoms with van der Waals surface area (Å²) in [6.07, 6.45) is 5.59. The van der Waals surface area contributed by atoms with E-state index in [9.17, 15) is 13.6 Å². The second-order valence-electron chi connectivity index (χ2n) is 7.13. The fourth-order valence-corrected chi connectivity index (χ4v) is 4.07. The number of H-pyrrole nitrogens is 1. The van der Waals surface area contributed by atoms with Crippen LogP contribution in [0.5, 0.6) is 0 Å². The Balaban J connectivity index is 1.46. The van der Waals surface area contributed by atoms with Crippen molar-refractivity contribution in [2.45, 2.75) is 43.4 Å². The zero-order valence-electron chi connectivity index (χ0n) is 13.8. The topological polar surface area (TPSA) is 70.7 Å². The zero-order chi connectivity index (χ0) is 17.4. The maximum atomic E-state index is 14.3. The van der Waals surface area contributed by atoms with E-state index in [0.717, 1.165) is 44.0 Å². The minimum Gasteiger partial charge on any atom is -0.355 e. The summed E-state index contributed by atoms with van der Waals surface area (Å²) in [5.41, 5.74) is -0.133. The van der Waals surface area contributed by atoms with E-state index >= 15 is 0 Å². The second kappa shape index (κ2) is 6.20. The first-order valence-electron chi connectivity index (χ1n) is 8.68. The number of benzene rings is 1. The van der Waals surface area contributed by atoms with Crippen LogP contribution in [-0.2, 0) is 10.2 Å². The standard InChI is InChI=1S/C18H20F2N4O/c19-14-5-3-4-13(15(14)20)18(6-1-2-7-18)9-21-17(25)12-8-11(12)16-22-10-23-24-16/h3-5,10-12H,1-2,6-9H2,(H,21,25)(H,22,23,24)/t11-,12-/m1/s1. The molecule has 7 heteroatoms. The predicted octanol–water partition coefficient (Wildman–Crippen LogP) is 2.81. The molecule has 0 saturated heterocycles. The number of hydrogen-bond donors (Lipinski definition) is 2. The van der Waals surface area contributed by atoms with Gasteiger partial charge in [0.15, 0.2) is 11.6 Å². The van der Waals surface area contributed by atoms with Crippen LogP contribution in [0.3, 0.4) is 0 Å². The number of carbonyl (C=O) groups excluding carboxylic acids is 1. The van der Waals surface area contributed by atoms with Gasteiger partial charge in [-0.3, -0.25) is 9.89 Å². The molecule has 0 aliphatic heterocycles. The average Bonchev–Trinajstić information content (AvgIpc) is 3.01. The van der Waals surface area contributed by atoms with Crippen molar-refractivity contribution < 1.29 is 13.6 Å². The number of nitrogens with zero attached hydrogens (tertiary/aromatic N) is 2. The molecule has 132 valence electrons. The van der Waals surface area contributed by atoms with E-state index in [4.69, 9.17) is 0 Å². The highest BCUT2D eigenvalue weighted by atomic mass is 19.2. The van der Waals surface area contributed by atoms with E-state index in [-0.39, 0.29) is 17.7 Å². The Morgan fingerprint density at radius 2 is 2.12 bits per heavy atom. The van der Waals surface area contributed by atoms with Crippen LogP contribution in [0.4, 0.5) is 8.78 Å². The third-order valence-corrected chi connectivity index (χ3v) is 5.60. The van der Waals surface area contributed by atoms with Gasteiger partial charge in [0.2, 0.25) is 5.91 Å². The Hall–Kier alpha value is -2.31.